The number of hydrogen-bond donors (Lipinski definition) is 0. The molecule has 112 valence electrons. The van der Waals surface area contributed by atoms with Crippen molar-refractivity contribution < 1.29 is 27.5 Å². The first-order valence-electron chi connectivity index (χ1n) is 5.79. The van der Waals surface area contributed by atoms with E-state index in [1.165, 1.54) is 37.4 Å². The zero-order valence-corrected chi connectivity index (χ0v) is 11.1. The predicted octanol–water partition coefficient (Wildman–Crippen LogP) is 1.69. The number of methoxy groups -OCH3 is 1. The number of aromatic nitrogens is 1. The number of hydrogen-bond acceptors (Lipinski definition) is 3. The highest BCUT2D eigenvalue weighted by Gasteiger charge is 2.30. The van der Waals surface area contributed by atoms with Crippen molar-refractivity contribution in [2.75, 3.05) is 20.7 Å². The molecule has 0 N–H and O–H groups in total. The molecule has 0 aliphatic rings. The molecule has 0 saturated heterocycles. The second kappa shape index (κ2) is 6.44. The lowest BCUT2D eigenvalue weighted by Gasteiger charge is -2.18. The lowest BCUT2D eigenvalue weighted by Crippen LogP contribution is -2.32. The van der Waals surface area contributed by atoms with Crippen LogP contribution < -0.4 is 0 Å². The number of nitrogens with zero attached hydrogens (tertiary/aromatic N) is 2. The quantitative estimate of drug-likeness (QED) is 0.776. The van der Waals surface area contributed by atoms with Gasteiger partial charge in [0.15, 0.2) is 0 Å². The minimum absolute atomic E-state index is 0.0152. The summed E-state index contributed by atoms with van der Waals surface area (Å²) in [6, 6.07) is 2.68. The van der Waals surface area contributed by atoms with Crippen molar-refractivity contribution in [1.29, 1.82) is 0 Å². The van der Waals surface area contributed by atoms with Gasteiger partial charge in [0.2, 0.25) is 0 Å². The molecule has 0 saturated carbocycles. The summed E-state index contributed by atoms with van der Waals surface area (Å²) in [6.07, 6.45) is -3.23. The van der Waals surface area contributed by atoms with Gasteiger partial charge in [0, 0.05) is 19.8 Å². The van der Waals surface area contributed by atoms with Crippen LogP contribution in [0.5, 0.6) is 0 Å². The van der Waals surface area contributed by atoms with Crippen molar-refractivity contribution in [3.63, 3.8) is 0 Å². The molecule has 5 nitrogen and oxygen atoms in total. The molecule has 8 heteroatoms. The Labute approximate surface area is 113 Å². The molecular weight excluding hydrogens is 277 g/mol. The smallest absolute Gasteiger partial charge is 0.406 e. The molecule has 1 rings (SSSR count). The lowest BCUT2D eigenvalue weighted by atomic mass is 10.3. The summed E-state index contributed by atoms with van der Waals surface area (Å²) in [5.74, 6) is -1.07. The summed E-state index contributed by atoms with van der Waals surface area (Å²) in [7, 11) is 2.63. The van der Waals surface area contributed by atoms with Gasteiger partial charge in [-0.15, -0.1) is 0 Å². The molecule has 0 radical (unpaired) electrons. The van der Waals surface area contributed by atoms with Crippen LogP contribution in [0.15, 0.2) is 18.3 Å². The third-order valence-corrected chi connectivity index (χ3v) is 2.62. The number of carbonyl (C=O) groups is 2. The molecule has 1 amide bonds. The Morgan fingerprint density at radius 2 is 2.05 bits per heavy atom. The first-order valence-corrected chi connectivity index (χ1v) is 5.79. The standard InChI is InChI=1S/C12H15F3N2O3/c1-16(7-5-10(18)20-2)11(19)9-4-3-6-17(9)8-12(13,14)15/h3-4,6H,5,7-8H2,1-2H3. The SMILES string of the molecule is COC(=O)CCN(C)C(=O)c1cccn1CC(F)(F)F. The van der Waals surface area contributed by atoms with Crippen molar-refractivity contribution in [3.05, 3.63) is 24.0 Å². The summed E-state index contributed by atoms with van der Waals surface area (Å²) >= 11 is 0. The molecule has 0 aliphatic heterocycles. The van der Waals surface area contributed by atoms with Gasteiger partial charge in [-0.1, -0.05) is 0 Å². The third kappa shape index (κ3) is 4.60. The summed E-state index contributed by atoms with van der Waals surface area (Å²) in [5.41, 5.74) is -0.0744. The van der Waals surface area contributed by atoms with Gasteiger partial charge in [-0.2, -0.15) is 13.2 Å². The Morgan fingerprint density at radius 1 is 1.40 bits per heavy atom. The van der Waals surface area contributed by atoms with E-state index in [0.717, 1.165) is 4.57 Å². The zero-order chi connectivity index (χ0) is 15.3. The summed E-state index contributed by atoms with van der Waals surface area (Å²) < 4.78 is 42.3. The summed E-state index contributed by atoms with van der Waals surface area (Å²) in [5, 5.41) is 0. The Bertz CT molecular complexity index is 483. The Hall–Kier alpha value is -1.99. The normalized spacial score (nSPS) is 11.2. The van der Waals surface area contributed by atoms with Gasteiger partial charge in [-0.05, 0) is 12.1 Å². The van der Waals surface area contributed by atoms with E-state index < -0.39 is 24.6 Å². The fraction of sp³-hybridized carbons (Fsp3) is 0.500. The van der Waals surface area contributed by atoms with Crippen LogP contribution >= 0.6 is 0 Å². The van der Waals surface area contributed by atoms with Gasteiger partial charge in [0.25, 0.3) is 5.91 Å². The maximum atomic E-state index is 12.4. The molecule has 0 spiro atoms. The average Bonchev–Trinajstić information content (AvgIpc) is 2.80. The molecule has 0 bridgehead atoms. The number of alkyl halides is 3. The predicted molar refractivity (Wildman–Crippen MR) is 64.1 cm³/mol. The van der Waals surface area contributed by atoms with Gasteiger partial charge in [0.1, 0.15) is 12.2 Å². The minimum Gasteiger partial charge on any atom is -0.469 e. The highest BCUT2D eigenvalue weighted by molar-refractivity contribution is 5.92. The Morgan fingerprint density at radius 3 is 2.60 bits per heavy atom. The molecule has 0 fully saturated rings. The molecule has 1 heterocycles. The van der Waals surface area contributed by atoms with Crippen molar-refractivity contribution in [2.24, 2.45) is 0 Å². The van der Waals surface area contributed by atoms with Crippen LogP contribution in [-0.2, 0) is 16.1 Å². The molecule has 0 aliphatic carbocycles. The van der Waals surface area contributed by atoms with E-state index in [9.17, 15) is 22.8 Å². The van der Waals surface area contributed by atoms with Gasteiger partial charge >= 0.3 is 12.1 Å². The second-order valence-electron chi connectivity index (χ2n) is 4.19. The number of halogens is 3. The molecule has 0 atom stereocenters. The van der Waals surface area contributed by atoms with Gasteiger partial charge < -0.3 is 14.2 Å². The van der Waals surface area contributed by atoms with Crippen LogP contribution in [0.1, 0.15) is 16.9 Å². The van der Waals surface area contributed by atoms with Gasteiger partial charge in [-0.25, -0.2) is 0 Å². The first kappa shape index (κ1) is 16.1. The highest BCUT2D eigenvalue weighted by Crippen LogP contribution is 2.19. The summed E-state index contributed by atoms with van der Waals surface area (Å²) in [4.78, 5) is 24.1. The maximum absolute atomic E-state index is 12.4. The van der Waals surface area contributed by atoms with Crippen LogP contribution in [0.25, 0.3) is 0 Å². The molecule has 0 unspecified atom stereocenters. The Balaban J connectivity index is 2.72. The van der Waals surface area contributed by atoms with E-state index in [-0.39, 0.29) is 18.7 Å². The first-order chi connectivity index (χ1) is 9.24. The molecule has 1 aromatic rings. The second-order valence-corrected chi connectivity index (χ2v) is 4.19. The Kier molecular flexibility index (Phi) is 5.18. The van der Waals surface area contributed by atoms with E-state index in [4.69, 9.17) is 0 Å². The van der Waals surface area contributed by atoms with Crippen LogP contribution in [0, 0.1) is 0 Å². The number of carbonyl (C=O) groups excluding carboxylic acids is 2. The van der Waals surface area contributed by atoms with Gasteiger partial charge in [-0.3, -0.25) is 9.59 Å². The maximum Gasteiger partial charge on any atom is 0.406 e. The largest absolute Gasteiger partial charge is 0.469 e. The number of amides is 1. The highest BCUT2D eigenvalue weighted by atomic mass is 19.4. The molecule has 0 aromatic carbocycles. The van der Waals surface area contributed by atoms with Crippen LogP contribution in [0.3, 0.4) is 0 Å². The fourth-order valence-corrected chi connectivity index (χ4v) is 1.60. The number of ether oxygens (including phenoxy) is 1. The zero-order valence-electron chi connectivity index (χ0n) is 11.1. The summed E-state index contributed by atoms with van der Waals surface area (Å²) in [6.45, 7) is -1.16. The average molecular weight is 292 g/mol. The lowest BCUT2D eigenvalue weighted by molar-refractivity contribution is -0.141. The van der Waals surface area contributed by atoms with E-state index >= 15 is 0 Å². The van der Waals surface area contributed by atoms with E-state index in [0.29, 0.717) is 0 Å². The van der Waals surface area contributed by atoms with Crippen molar-refractivity contribution in [1.82, 2.24) is 9.47 Å². The molecule has 20 heavy (non-hydrogen) atoms. The topological polar surface area (TPSA) is 51.5 Å². The number of esters is 1. The van der Waals surface area contributed by atoms with Crippen molar-refractivity contribution >= 4 is 11.9 Å². The van der Waals surface area contributed by atoms with Crippen LogP contribution in [0.4, 0.5) is 13.2 Å². The molecule has 1 aromatic heterocycles. The molecular formula is C12H15F3N2O3. The minimum atomic E-state index is -4.40. The van der Waals surface area contributed by atoms with E-state index in [1.54, 1.807) is 0 Å². The monoisotopic (exact) mass is 292 g/mol. The third-order valence-electron chi connectivity index (χ3n) is 2.62. The van der Waals surface area contributed by atoms with Crippen LogP contribution in [0.2, 0.25) is 0 Å². The number of rotatable bonds is 5. The van der Waals surface area contributed by atoms with Crippen molar-refractivity contribution in [2.45, 2.75) is 19.1 Å². The van der Waals surface area contributed by atoms with E-state index in [1.807, 2.05) is 0 Å². The fourth-order valence-electron chi connectivity index (χ4n) is 1.60. The van der Waals surface area contributed by atoms with E-state index in [2.05, 4.69) is 4.74 Å². The van der Waals surface area contributed by atoms with Crippen LogP contribution in [-0.4, -0.2) is 48.2 Å². The van der Waals surface area contributed by atoms with Crippen molar-refractivity contribution in [3.8, 4) is 0 Å². The van der Waals surface area contributed by atoms with Gasteiger partial charge in [0.05, 0.1) is 13.5 Å².